The fourth-order valence-corrected chi connectivity index (χ4v) is 5.34. The Morgan fingerprint density at radius 1 is 1.10 bits per heavy atom. The number of nitrogens with zero attached hydrogens (tertiary/aromatic N) is 1. The molecular weight excluding hydrogens is 431 g/mol. The Morgan fingerprint density at radius 2 is 1.80 bits per heavy atom. The van der Waals surface area contributed by atoms with Crippen molar-refractivity contribution in [3.63, 3.8) is 0 Å². The van der Waals surface area contributed by atoms with E-state index >= 15 is 0 Å². The summed E-state index contributed by atoms with van der Waals surface area (Å²) in [6.45, 7) is 3.40. The standard InChI is InChI=1S/C21H24ClFN2O4S/c22-19-12-15(13-20-21(19)29-11-1-10-28-20)14-25-8-6-17(7-9-25)24-30(26,27)18-4-2-16(23)3-5-18/h2-5,12-13,17,24H,1,6-11,14H2. The lowest BCUT2D eigenvalue weighted by molar-refractivity contribution is 0.199. The van der Waals surface area contributed by atoms with Crippen LogP contribution in [0.3, 0.4) is 0 Å². The van der Waals surface area contributed by atoms with Crippen LogP contribution in [0.2, 0.25) is 5.02 Å². The van der Waals surface area contributed by atoms with E-state index in [-0.39, 0.29) is 10.9 Å². The van der Waals surface area contributed by atoms with E-state index in [9.17, 15) is 12.8 Å². The summed E-state index contributed by atoms with van der Waals surface area (Å²) in [5.74, 6) is 0.820. The van der Waals surface area contributed by atoms with E-state index < -0.39 is 15.8 Å². The summed E-state index contributed by atoms with van der Waals surface area (Å²) in [6, 6.07) is 8.58. The summed E-state index contributed by atoms with van der Waals surface area (Å²) in [5, 5.41) is 0.548. The van der Waals surface area contributed by atoms with Crippen molar-refractivity contribution in [3.8, 4) is 11.5 Å². The quantitative estimate of drug-likeness (QED) is 0.747. The van der Waals surface area contributed by atoms with E-state index in [0.717, 1.165) is 37.2 Å². The summed E-state index contributed by atoms with van der Waals surface area (Å²) >= 11 is 6.38. The molecule has 0 amide bonds. The van der Waals surface area contributed by atoms with Crippen LogP contribution in [0.15, 0.2) is 41.3 Å². The fourth-order valence-electron chi connectivity index (χ4n) is 3.74. The highest BCUT2D eigenvalue weighted by atomic mass is 35.5. The predicted molar refractivity (Wildman–Crippen MR) is 112 cm³/mol. The number of rotatable bonds is 5. The summed E-state index contributed by atoms with van der Waals surface area (Å²) in [7, 11) is -3.66. The third kappa shape index (κ3) is 5.06. The van der Waals surface area contributed by atoms with Gasteiger partial charge < -0.3 is 9.47 Å². The van der Waals surface area contributed by atoms with E-state index in [2.05, 4.69) is 9.62 Å². The number of halogens is 2. The van der Waals surface area contributed by atoms with Gasteiger partial charge in [-0.05, 0) is 54.8 Å². The van der Waals surface area contributed by atoms with Gasteiger partial charge in [-0.2, -0.15) is 0 Å². The van der Waals surface area contributed by atoms with E-state index in [0.29, 0.717) is 49.1 Å². The lowest BCUT2D eigenvalue weighted by atomic mass is 10.1. The Balaban J connectivity index is 1.34. The number of benzene rings is 2. The second kappa shape index (κ2) is 9.09. The van der Waals surface area contributed by atoms with Gasteiger partial charge in [0, 0.05) is 32.1 Å². The van der Waals surface area contributed by atoms with Gasteiger partial charge in [-0.3, -0.25) is 4.90 Å². The summed E-state index contributed by atoms with van der Waals surface area (Å²) in [6.07, 6.45) is 2.21. The second-order valence-electron chi connectivity index (χ2n) is 7.58. The molecule has 2 aliphatic heterocycles. The number of hydrogen-bond donors (Lipinski definition) is 1. The van der Waals surface area contributed by atoms with Crippen molar-refractivity contribution < 1.29 is 22.3 Å². The van der Waals surface area contributed by atoms with Crippen LogP contribution >= 0.6 is 11.6 Å². The van der Waals surface area contributed by atoms with Crippen molar-refractivity contribution in [1.82, 2.24) is 9.62 Å². The van der Waals surface area contributed by atoms with E-state index in [4.69, 9.17) is 21.1 Å². The molecule has 30 heavy (non-hydrogen) atoms. The van der Waals surface area contributed by atoms with Crippen molar-refractivity contribution in [1.29, 1.82) is 0 Å². The minimum Gasteiger partial charge on any atom is -0.489 e. The molecule has 0 radical (unpaired) electrons. The molecule has 0 aliphatic carbocycles. The van der Waals surface area contributed by atoms with Gasteiger partial charge in [0.1, 0.15) is 5.82 Å². The largest absolute Gasteiger partial charge is 0.489 e. The lowest BCUT2D eigenvalue weighted by Gasteiger charge is -2.32. The van der Waals surface area contributed by atoms with E-state index in [1.165, 1.54) is 12.1 Å². The van der Waals surface area contributed by atoms with Gasteiger partial charge in [0.2, 0.25) is 10.0 Å². The van der Waals surface area contributed by atoms with Crippen LogP contribution in [0, 0.1) is 5.82 Å². The molecular formula is C21H24ClFN2O4S. The summed E-state index contributed by atoms with van der Waals surface area (Å²) in [5.41, 5.74) is 1.04. The first-order valence-corrected chi connectivity index (χ1v) is 11.8. The molecule has 0 bridgehead atoms. The molecule has 6 nitrogen and oxygen atoms in total. The number of nitrogens with one attached hydrogen (secondary N) is 1. The molecule has 1 fully saturated rings. The molecule has 1 N–H and O–H groups in total. The number of piperidine rings is 1. The average Bonchev–Trinajstić information content (AvgIpc) is 2.96. The van der Waals surface area contributed by atoms with Crippen molar-refractivity contribution in [3.05, 3.63) is 52.8 Å². The van der Waals surface area contributed by atoms with Gasteiger partial charge >= 0.3 is 0 Å². The molecule has 2 aromatic rings. The molecule has 1 saturated heterocycles. The number of likely N-dealkylation sites (tertiary alicyclic amines) is 1. The van der Waals surface area contributed by atoms with Crippen LogP contribution in [-0.2, 0) is 16.6 Å². The minimum atomic E-state index is -3.66. The molecule has 9 heteroatoms. The van der Waals surface area contributed by atoms with Crippen LogP contribution in [0.4, 0.5) is 4.39 Å². The average molecular weight is 455 g/mol. The predicted octanol–water partition coefficient (Wildman–Crippen LogP) is 3.58. The van der Waals surface area contributed by atoms with Gasteiger partial charge in [0.05, 0.1) is 23.1 Å². The molecule has 4 rings (SSSR count). The summed E-state index contributed by atoms with van der Waals surface area (Å²) in [4.78, 5) is 2.34. The van der Waals surface area contributed by atoms with Crippen molar-refractivity contribution in [2.24, 2.45) is 0 Å². The minimum absolute atomic E-state index is 0.0770. The topological polar surface area (TPSA) is 67.9 Å². The lowest BCUT2D eigenvalue weighted by Crippen LogP contribution is -2.44. The molecule has 2 aliphatic rings. The van der Waals surface area contributed by atoms with Gasteiger partial charge in [-0.25, -0.2) is 17.5 Å². The molecule has 0 aromatic heterocycles. The molecule has 0 unspecified atom stereocenters. The third-order valence-corrected chi connectivity index (χ3v) is 7.12. The van der Waals surface area contributed by atoms with Gasteiger partial charge in [-0.15, -0.1) is 0 Å². The Bertz CT molecular complexity index is 993. The molecule has 0 saturated carbocycles. The zero-order chi connectivity index (χ0) is 21.1. The van der Waals surface area contributed by atoms with Gasteiger partial charge in [-0.1, -0.05) is 11.6 Å². The highest BCUT2D eigenvalue weighted by Crippen LogP contribution is 2.38. The van der Waals surface area contributed by atoms with Crippen molar-refractivity contribution in [2.75, 3.05) is 26.3 Å². The zero-order valence-corrected chi connectivity index (χ0v) is 18.0. The maximum atomic E-state index is 13.0. The third-order valence-electron chi connectivity index (χ3n) is 5.30. The normalized spacial score (nSPS) is 18.2. The number of fused-ring (bicyclic) bond motifs is 1. The van der Waals surface area contributed by atoms with Crippen molar-refractivity contribution in [2.45, 2.75) is 36.7 Å². The zero-order valence-electron chi connectivity index (χ0n) is 16.4. The molecule has 2 heterocycles. The highest BCUT2D eigenvalue weighted by Gasteiger charge is 2.25. The van der Waals surface area contributed by atoms with Crippen LogP contribution in [-0.4, -0.2) is 45.7 Å². The van der Waals surface area contributed by atoms with Crippen LogP contribution in [0.25, 0.3) is 0 Å². The Labute approximate surface area is 181 Å². The van der Waals surface area contributed by atoms with Crippen LogP contribution in [0.1, 0.15) is 24.8 Å². The van der Waals surface area contributed by atoms with Crippen molar-refractivity contribution >= 4 is 21.6 Å². The first-order valence-electron chi connectivity index (χ1n) is 9.99. The van der Waals surface area contributed by atoms with E-state index in [1.807, 2.05) is 12.1 Å². The first-order chi connectivity index (χ1) is 14.4. The number of ether oxygens (including phenoxy) is 2. The van der Waals surface area contributed by atoms with Crippen LogP contribution < -0.4 is 14.2 Å². The maximum absolute atomic E-state index is 13.0. The molecule has 2 aromatic carbocycles. The Kier molecular flexibility index (Phi) is 6.48. The van der Waals surface area contributed by atoms with Crippen LogP contribution in [0.5, 0.6) is 11.5 Å². The SMILES string of the molecule is O=S(=O)(NC1CCN(Cc2cc(Cl)c3c(c2)OCCCO3)CC1)c1ccc(F)cc1. The monoisotopic (exact) mass is 454 g/mol. The fraction of sp³-hybridized carbons (Fsp3) is 0.429. The molecule has 162 valence electrons. The highest BCUT2D eigenvalue weighted by molar-refractivity contribution is 7.89. The first kappa shape index (κ1) is 21.4. The molecule has 0 spiro atoms. The number of sulfonamides is 1. The Morgan fingerprint density at radius 3 is 2.53 bits per heavy atom. The van der Waals surface area contributed by atoms with Gasteiger partial charge in [0.25, 0.3) is 0 Å². The number of hydrogen-bond acceptors (Lipinski definition) is 5. The Hall–Kier alpha value is -1.87. The molecule has 0 atom stereocenters. The maximum Gasteiger partial charge on any atom is 0.240 e. The smallest absolute Gasteiger partial charge is 0.240 e. The van der Waals surface area contributed by atoms with Gasteiger partial charge in [0.15, 0.2) is 11.5 Å². The second-order valence-corrected chi connectivity index (χ2v) is 9.70. The van der Waals surface area contributed by atoms with E-state index in [1.54, 1.807) is 0 Å². The summed E-state index contributed by atoms with van der Waals surface area (Å²) < 4.78 is 52.2.